The van der Waals surface area contributed by atoms with E-state index in [1.807, 2.05) is 0 Å². The maximum Gasteiger partial charge on any atom is 0.0342 e. The van der Waals surface area contributed by atoms with Crippen LogP contribution in [-0.4, -0.2) is 6.04 Å². The molecule has 1 rings (SSSR count). The number of hydrogen-bond donors (Lipinski definition) is 1. The number of hydrogen-bond acceptors (Lipinski definition) is 1. The van der Waals surface area contributed by atoms with Gasteiger partial charge in [0.1, 0.15) is 0 Å². The Bertz CT molecular complexity index is 330. The molecule has 1 unspecified atom stereocenters. The predicted octanol–water partition coefficient (Wildman–Crippen LogP) is 4.83. The zero-order chi connectivity index (χ0) is 13.1. The molecule has 1 nitrogen and oxygen atoms in total. The molecule has 17 heavy (non-hydrogen) atoms. The van der Waals surface area contributed by atoms with Crippen LogP contribution in [0, 0.1) is 5.92 Å². The van der Waals surface area contributed by atoms with Crippen molar-refractivity contribution in [2.45, 2.75) is 59.4 Å². The van der Waals surface area contributed by atoms with Crippen LogP contribution < -0.4 is 5.32 Å². The average molecular weight is 233 g/mol. The van der Waals surface area contributed by atoms with Crippen molar-refractivity contribution in [3.8, 4) is 0 Å². The van der Waals surface area contributed by atoms with Crippen LogP contribution >= 0.6 is 0 Å². The quantitative estimate of drug-likeness (QED) is 0.785. The molecule has 0 spiro atoms. The first-order chi connectivity index (χ1) is 7.79. The van der Waals surface area contributed by atoms with Crippen LogP contribution in [0.15, 0.2) is 24.3 Å². The van der Waals surface area contributed by atoms with E-state index in [-0.39, 0.29) is 5.41 Å². The number of anilines is 1. The van der Waals surface area contributed by atoms with E-state index in [1.165, 1.54) is 17.7 Å². The molecule has 0 amide bonds. The van der Waals surface area contributed by atoms with Crippen molar-refractivity contribution in [1.29, 1.82) is 0 Å². The molecule has 0 aliphatic rings. The minimum absolute atomic E-state index is 0.238. The van der Waals surface area contributed by atoms with Crippen molar-refractivity contribution in [3.63, 3.8) is 0 Å². The van der Waals surface area contributed by atoms with Gasteiger partial charge in [-0.2, -0.15) is 0 Å². The Morgan fingerprint density at radius 1 is 1.00 bits per heavy atom. The van der Waals surface area contributed by atoms with E-state index in [2.05, 4.69) is 71.1 Å². The van der Waals surface area contributed by atoms with Crippen molar-refractivity contribution in [3.05, 3.63) is 29.8 Å². The SMILES string of the molecule is CC(C)CC(C)Nc1ccc(C(C)(C)C)cc1. The molecule has 0 fully saturated rings. The average Bonchev–Trinajstić information content (AvgIpc) is 2.15. The van der Waals surface area contributed by atoms with Gasteiger partial charge in [-0.15, -0.1) is 0 Å². The maximum absolute atomic E-state index is 3.55. The highest BCUT2D eigenvalue weighted by atomic mass is 14.9. The number of nitrogens with one attached hydrogen (secondary N) is 1. The monoisotopic (exact) mass is 233 g/mol. The van der Waals surface area contributed by atoms with Crippen molar-refractivity contribution in [2.24, 2.45) is 5.92 Å². The van der Waals surface area contributed by atoms with Crippen LogP contribution in [0.25, 0.3) is 0 Å². The van der Waals surface area contributed by atoms with Crippen LogP contribution in [0.2, 0.25) is 0 Å². The fourth-order valence-corrected chi connectivity index (χ4v) is 2.12. The Labute approximate surface area is 107 Å². The largest absolute Gasteiger partial charge is 0.383 e. The normalized spacial score (nSPS) is 13.8. The summed E-state index contributed by atoms with van der Waals surface area (Å²) in [7, 11) is 0. The first-order valence-electron chi connectivity index (χ1n) is 6.66. The first-order valence-corrected chi connectivity index (χ1v) is 6.66. The van der Waals surface area contributed by atoms with Crippen molar-refractivity contribution >= 4 is 5.69 Å². The smallest absolute Gasteiger partial charge is 0.0342 e. The molecule has 0 aliphatic heterocycles. The van der Waals surface area contributed by atoms with Gasteiger partial charge in [-0.05, 0) is 42.4 Å². The zero-order valence-electron chi connectivity index (χ0n) is 12.2. The lowest BCUT2D eigenvalue weighted by atomic mass is 9.87. The maximum atomic E-state index is 3.55. The fraction of sp³-hybridized carbons (Fsp3) is 0.625. The third kappa shape index (κ3) is 4.80. The van der Waals surface area contributed by atoms with Gasteiger partial charge in [-0.1, -0.05) is 46.8 Å². The van der Waals surface area contributed by atoms with Gasteiger partial charge in [0.05, 0.1) is 0 Å². The molecule has 0 bridgehead atoms. The van der Waals surface area contributed by atoms with Crippen LogP contribution in [0.1, 0.15) is 53.5 Å². The summed E-state index contributed by atoms with van der Waals surface area (Å²) in [5.74, 6) is 0.742. The van der Waals surface area contributed by atoms with Gasteiger partial charge >= 0.3 is 0 Å². The van der Waals surface area contributed by atoms with E-state index in [1.54, 1.807) is 0 Å². The predicted molar refractivity (Wildman–Crippen MR) is 77.7 cm³/mol. The molecule has 0 saturated heterocycles. The molecule has 0 heterocycles. The summed E-state index contributed by atoms with van der Waals surface area (Å²) in [5.41, 5.74) is 2.85. The Kier molecular flexibility index (Phi) is 4.62. The van der Waals surface area contributed by atoms with Crippen molar-refractivity contribution in [2.75, 3.05) is 5.32 Å². The lowest BCUT2D eigenvalue weighted by molar-refractivity contribution is 0.539. The Balaban J connectivity index is 2.63. The molecule has 0 radical (unpaired) electrons. The summed E-state index contributed by atoms with van der Waals surface area (Å²) in [5, 5.41) is 3.55. The summed E-state index contributed by atoms with van der Waals surface area (Å²) in [4.78, 5) is 0. The van der Waals surface area contributed by atoms with Crippen LogP contribution in [0.3, 0.4) is 0 Å². The Morgan fingerprint density at radius 3 is 1.94 bits per heavy atom. The highest BCUT2D eigenvalue weighted by Gasteiger charge is 2.13. The van der Waals surface area contributed by atoms with Gasteiger partial charge < -0.3 is 5.32 Å². The second kappa shape index (κ2) is 5.57. The van der Waals surface area contributed by atoms with E-state index < -0.39 is 0 Å². The van der Waals surface area contributed by atoms with Crippen LogP contribution in [0.5, 0.6) is 0 Å². The van der Waals surface area contributed by atoms with E-state index in [4.69, 9.17) is 0 Å². The third-order valence-electron chi connectivity index (χ3n) is 2.99. The fourth-order valence-electron chi connectivity index (χ4n) is 2.12. The lowest BCUT2D eigenvalue weighted by Crippen LogP contribution is -2.17. The Morgan fingerprint density at radius 2 is 1.53 bits per heavy atom. The molecule has 0 saturated carbocycles. The molecular weight excluding hydrogens is 206 g/mol. The van der Waals surface area contributed by atoms with Gasteiger partial charge in [0.15, 0.2) is 0 Å². The molecule has 1 aromatic carbocycles. The van der Waals surface area contributed by atoms with Gasteiger partial charge in [0.2, 0.25) is 0 Å². The third-order valence-corrected chi connectivity index (χ3v) is 2.99. The molecule has 0 aliphatic carbocycles. The minimum atomic E-state index is 0.238. The van der Waals surface area contributed by atoms with Crippen molar-refractivity contribution in [1.82, 2.24) is 0 Å². The molecule has 1 aromatic rings. The van der Waals surface area contributed by atoms with E-state index in [0.29, 0.717) is 6.04 Å². The van der Waals surface area contributed by atoms with Crippen LogP contribution in [-0.2, 0) is 5.41 Å². The summed E-state index contributed by atoms with van der Waals surface area (Å²) in [6.07, 6.45) is 1.21. The summed E-state index contributed by atoms with van der Waals surface area (Å²) >= 11 is 0. The molecule has 0 aromatic heterocycles. The zero-order valence-corrected chi connectivity index (χ0v) is 12.2. The summed E-state index contributed by atoms with van der Waals surface area (Å²) < 4.78 is 0. The highest BCUT2D eigenvalue weighted by molar-refractivity contribution is 5.46. The molecular formula is C16H27N. The summed E-state index contributed by atoms with van der Waals surface area (Å²) in [6, 6.07) is 9.37. The van der Waals surface area contributed by atoms with Crippen LogP contribution in [0.4, 0.5) is 5.69 Å². The lowest BCUT2D eigenvalue weighted by Gasteiger charge is -2.21. The van der Waals surface area contributed by atoms with Gasteiger partial charge in [-0.3, -0.25) is 0 Å². The van der Waals surface area contributed by atoms with Gasteiger partial charge in [0.25, 0.3) is 0 Å². The topological polar surface area (TPSA) is 12.0 Å². The van der Waals surface area contributed by atoms with Gasteiger partial charge in [0, 0.05) is 11.7 Å². The standard InChI is InChI=1S/C16H27N/c1-12(2)11-13(3)17-15-9-7-14(8-10-15)16(4,5)6/h7-10,12-13,17H,11H2,1-6H3. The van der Waals surface area contributed by atoms with E-state index >= 15 is 0 Å². The minimum Gasteiger partial charge on any atom is -0.383 e. The highest BCUT2D eigenvalue weighted by Crippen LogP contribution is 2.24. The van der Waals surface area contributed by atoms with Crippen molar-refractivity contribution < 1.29 is 0 Å². The van der Waals surface area contributed by atoms with E-state index in [0.717, 1.165) is 5.92 Å². The second-order valence-electron chi connectivity index (χ2n) is 6.50. The molecule has 1 N–H and O–H groups in total. The second-order valence-corrected chi connectivity index (χ2v) is 6.50. The number of benzene rings is 1. The molecule has 1 atom stereocenters. The van der Waals surface area contributed by atoms with E-state index in [9.17, 15) is 0 Å². The first kappa shape index (κ1) is 14.1. The summed E-state index contributed by atoms with van der Waals surface area (Å²) in [6.45, 7) is 13.5. The van der Waals surface area contributed by atoms with Gasteiger partial charge in [-0.25, -0.2) is 0 Å². The molecule has 1 heteroatoms. The Hall–Kier alpha value is -0.980. The number of rotatable bonds is 4. The molecule has 96 valence electrons.